The molecule has 0 aliphatic heterocycles. The zero-order valence-electron chi connectivity index (χ0n) is 16.0. The lowest BCUT2D eigenvalue weighted by Gasteiger charge is -2.21. The molecule has 0 radical (unpaired) electrons. The molecule has 0 bridgehead atoms. The predicted molar refractivity (Wildman–Crippen MR) is 116 cm³/mol. The molecule has 26 heavy (non-hydrogen) atoms. The van der Waals surface area contributed by atoms with Gasteiger partial charge in [-0.05, 0) is 38.8 Å². The molecular formula is C19H32IN3O3. The number of hydrogen-bond acceptors (Lipinski definition) is 4. The van der Waals surface area contributed by atoms with Gasteiger partial charge in [-0.25, -0.2) is 0 Å². The summed E-state index contributed by atoms with van der Waals surface area (Å²) in [7, 11) is 1.64. The van der Waals surface area contributed by atoms with Crippen LogP contribution in [0.1, 0.15) is 39.5 Å². The molecule has 3 N–H and O–H groups in total. The Kier molecular flexibility index (Phi) is 10.1. The molecule has 148 valence electrons. The summed E-state index contributed by atoms with van der Waals surface area (Å²) in [5.74, 6) is 2.26. The van der Waals surface area contributed by atoms with Crippen LogP contribution in [0.3, 0.4) is 0 Å². The van der Waals surface area contributed by atoms with Gasteiger partial charge in [0.15, 0.2) is 5.96 Å². The molecule has 7 heteroatoms. The molecule has 1 saturated carbocycles. The Bertz CT molecular complexity index is 563. The lowest BCUT2D eigenvalue weighted by molar-refractivity contribution is 0.0574. The van der Waals surface area contributed by atoms with Crippen molar-refractivity contribution in [2.24, 2.45) is 4.99 Å². The Labute approximate surface area is 173 Å². The van der Waals surface area contributed by atoms with Crippen LogP contribution in [0.5, 0.6) is 11.5 Å². The van der Waals surface area contributed by atoms with E-state index < -0.39 is 5.60 Å². The van der Waals surface area contributed by atoms with E-state index in [2.05, 4.69) is 15.6 Å². The van der Waals surface area contributed by atoms with Crippen LogP contribution in [0.25, 0.3) is 0 Å². The quantitative estimate of drug-likeness (QED) is 0.305. The average molecular weight is 477 g/mol. The van der Waals surface area contributed by atoms with Gasteiger partial charge in [-0.3, -0.25) is 4.99 Å². The summed E-state index contributed by atoms with van der Waals surface area (Å²) < 4.78 is 11.1. The second-order valence-corrected chi connectivity index (χ2v) is 6.61. The van der Waals surface area contributed by atoms with Gasteiger partial charge in [-0.2, -0.15) is 0 Å². The number of aliphatic imine (C=N–C) groups is 1. The minimum absolute atomic E-state index is 0. The summed E-state index contributed by atoms with van der Waals surface area (Å²) in [6.07, 6.45) is 3.81. The second kappa shape index (κ2) is 11.5. The predicted octanol–water partition coefficient (Wildman–Crippen LogP) is 2.94. The minimum Gasteiger partial charge on any atom is -0.497 e. The van der Waals surface area contributed by atoms with Crippen molar-refractivity contribution in [3.05, 3.63) is 24.3 Å². The van der Waals surface area contributed by atoms with Crippen LogP contribution in [0, 0.1) is 0 Å². The van der Waals surface area contributed by atoms with E-state index in [1.165, 1.54) is 0 Å². The van der Waals surface area contributed by atoms with Gasteiger partial charge in [0.2, 0.25) is 0 Å². The zero-order chi connectivity index (χ0) is 18.1. The molecule has 0 aromatic heterocycles. The summed E-state index contributed by atoms with van der Waals surface area (Å²) in [5.41, 5.74) is -0.634. The molecule has 0 spiro atoms. The first-order chi connectivity index (χ1) is 12.0. The highest BCUT2D eigenvalue weighted by Crippen LogP contribution is 2.29. The molecule has 1 atom stereocenters. The number of halogens is 1. The molecule has 1 aromatic rings. The Morgan fingerprint density at radius 2 is 1.96 bits per heavy atom. The Balaban J connectivity index is 0.00000338. The van der Waals surface area contributed by atoms with Gasteiger partial charge >= 0.3 is 0 Å². The third-order valence-corrected chi connectivity index (χ3v) is 4.35. The van der Waals surface area contributed by atoms with Gasteiger partial charge in [-0.15, -0.1) is 24.0 Å². The first kappa shape index (κ1) is 22.8. The summed E-state index contributed by atoms with van der Waals surface area (Å²) in [6.45, 7) is 5.85. The number of hydrogen-bond donors (Lipinski definition) is 3. The number of benzene rings is 1. The largest absolute Gasteiger partial charge is 0.497 e. The number of aliphatic hydroxyl groups is 1. The third kappa shape index (κ3) is 7.57. The highest BCUT2D eigenvalue weighted by Gasteiger charge is 2.30. The van der Waals surface area contributed by atoms with Gasteiger partial charge in [0.25, 0.3) is 0 Å². The molecule has 1 unspecified atom stereocenters. The maximum Gasteiger partial charge on any atom is 0.191 e. The first-order valence-corrected chi connectivity index (χ1v) is 9.10. The van der Waals surface area contributed by atoms with E-state index in [1.54, 1.807) is 7.11 Å². The SMILES string of the molecule is CCNC(=NCC1(O)CCCC1)NCC(C)Oc1cccc(OC)c1.I. The van der Waals surface area contributed by atoms with Crippen LogP contribution in [-0.4, -0.2) is 49.5 Å². The summed E-state index contributed by atoms with van der Waals surface area (Å²) in [5, 5.41) is 16.9. The van der Waals surface area contributed by atoms with E-state index in [-0.39, 0.29) is 30.1 Å². The summed E-state index contributed by atoms with van der Waals surface area (Å²) in [4.78, 5) is 4.54. The molecule has 0 heterocycles. The monoisotopic (exact) mass is 477 g/mol. The standard InChI is InChI=1S/C19H31N3O3.HI/c1-4-20-18(22-14-19(23)10-5-6-11-19)21-13-15(2)25-17-9-7-8-16(12-17)24-3;/h7-9,12,15,23H,4-6,10-11,13-14H2,1-3H3,(H2,20,21,22);1H. The number of methoxy groups -OCH3 is 1. The fourth-order valence-electron chi connectivity index (χ4n) is 2.95. The molecule has 6 nitrogen and oxygen atoms in total. The molecule has 1 aromatic carbocycles. The van der Waals surface area contributed by atoms with Crippen molar-refractivity contribution in [2.45, 2.75) is 51.2 Å². The normalized spacial score (nSPS) is 17.2. The number of rotatable bonds is 8. The van der Waals surface area contributed by atoms with Crippen molar-refractivity contribution in [3.63, 3.8) is 0 Å². The third-order valence-electron chi connectivity index (χ3n) is 4.35. The Hall–Kier alpha value is -1.22. The van der Waals surface area contributed by atoms with Gasteiger partial charge < -0.3 is 25.2 Å². The van der Waals surface area contributed by atoms with E-state index in [1.807, 2.05) is 38.1 Å². The second-order valence-electron chi connectivity index (χ2n) is 6.61. The summed E-state index contributed by atoms with van der Waals surface area (Å²) in [6, 6.07) is 7.57. The molecule has 1 aliphatic carbocycles. The molecule has 0 saturated heterocycles. The number of ether oxygens (including phenoxy) is 2. The highest BCUT2D eigenvalue weighted by molar-refractivity contribution is 14.0. The van der Waals surface area contributed by atoms with E-state index in [9.17, 15) is 5.11 Å². The fraction of sp³-hybridized carbons (Fsp3) is 0.632. The van der Waals surface area contributed by atoms with Crippen molar-refractivity contribution in [2.75, 3.05) is 26.7 Å². The van der Waals surface area contributed by atoms with Gasteiger partial charge in [0, 0.05) is 12.6 Å². The number of guanidine groups is 1. The van der Waals surface area contributed by atoms with Gasteiger partial charge in [-0.1, -0.05) is 18.9 Å². The van der Waals surface area contributed by atoms with Crippen LogP contribution in [-0.2, 0) is 0 Å². The number of nitrogens with one attached hydrogen (secondary N) is 2. The molecule has 0 amide bonds. The molecular weight excluding hydrogens is 445 g/mol. The summed E-state index contributed by atoms with van der Waals surface area (Å²) >= 11 is 0. The van der Waals surface area contributed by atoms with E-state index in [4.69, 9.17) is 9.47 Å². The van der Waals surface area contributed by atoms with Gasteiger partial charge in [0.05, 0.1) is 25.8 Å². The first-order valence-electron chi connectivity index (χ1n) is 9.10. The van der Waals surface area contributed by atoms with Crippen LogP contribution < -0.4 is 20.1 Å². The van der Waals surface area contributed by atoms with Crippen LogP contribution >= 0.6 is 24.0 Å². The van der Waals surface area contributed by atoms with E-state index >= 15 is 0 Å². The van der Waals surface area contributed by atoms with Gasteiger partial charge in [0.1, 0.15) is 17.6 Å². The van der Waals surface area contributed by atoms with Crippen molar-refractivity contribution >= 4 is 29.9 Å². The smallest absolute Gasteiger partial charge is 0.191 e. The Morgan fingerprint density at radius 3 is 2.62 bits per heavy atom. The van der Waals surface area contributed by atoms with E-state index in [0.717, 1.165) is 43.7 Å². The maximum atomic E-state index is 10.4. The topological polar surface area (TPSA) is 75.1 Å². The Morgan fingerprint density at radius 1 is 1.27 bits per heavy atom. The van der Waals surface area contributed by atoms with Crippen molar-refractivity contribution in [3.8, 4) is 11.5 Å². The van der Waals surface area contributed by atoms with Crippen LogP contribution in [0.15, 0.2) is 29.3 Å². The average Bonchev–Trinajstić information content (AvgIpc) is 3.04. The molecule has 1 fully saturated rings. The van der Waals surface area contributed by atoms with Crippen molar-refractivity contribution < 1.29 is 14.6 Å². The lowest BCUT2D eigenvalue weighted by atomic mass is 10.0. The zero-order valence-corrected chi connectivity index (χ0v) is 18.3. The van der Waals surface area contributed by atoms with E-state index in [0.29, 0.717) is 19.0 Å². The van der Waals surface area contributed by atoms with Crippen molar-refractivity contribution in [1.29, 1.82) is 0 Å². The molecule has 2 rings (SSSR count). The highest BCUT2D eigenvalue weighted by atomic mass is 127. The number of nitrogens with zero attached hydrogens (tertiary/aromatic N) is 1. The molecule has 1 aliphatic rings. The van der Waals surface area contributed by atoms with Crippen LogP contribution in [0.4, 0.5) is 0 Å². The minimum atomic E-state index is -0.634. The fourth-order valence-corrected chi connectivity index (χ4v) is 2.95. The maximum absolute atomic E-state index is 10.4. The lowest BCUT2D eigenvalue weighted by Crippen LogP contribution is -2.43. The van der Waals surface area contributed by atoms with Crippen LogP contribution in [0.2, 0.25) is 0 Å². The van der Waals surface area contributed by atoms with Crippen molar-refractivity contribution in [1.82, 2.24) is 10.6 Å².